The van der Waals surface area contributed by atoms with Crippen LogP contribution in [0.3, 0.4) is 0 Å². The van der Waals surface area contributed by atoms with E-state index in [4.69, 9.17) is 9.47 Å². The molecule has 5 fully saturated rings. The lowest BCUT2D eigenvalue weighted by molar-refractivity contribution is -0.145. The number of carbonyl (C=O) groups excluding carboxylic acids is 1. The summed E-state index contributed by atoms with van der Waals surface area (Å²) in [5, 5.41) is 11.0. The van der Waals surface area contributed by atoms with Crippen LogP contribution in [0, 0.1) is 45.3 Å². The summed E-state index contributed by atoms with van der Waals surface area (Å²) in [6.45, 7) is 16.2. The number of aliphatic hydroxyl groups excluding tert-OH is 1. The summed E-state index contributed by atoms with van der Waals surface area (Å²) in [4.78, 5) is 12.8. The highest BCUT2D eigenvalue weighted by molar-refractivity contribution is 5.85. The van der Waals surface area contributed by atoms with Gasteiger partial charge in [-0.15, -0.1) is 0 Å². The van der Waals surface area contributed by atoms with Crippen LogP contribution >= 0.6 is 0 Å². The molecule has 4 nitrogen and oxygen atoms in total. The van der Waals surface area contributed by atoms with E-state index in [9.17, 15) is 9.90 Å². The highest BCUT2D eigenvalue weighted by atomic mass is 16.7. The lowest BCUT2D eigenvalue weighted by Gasteiger charge is -2.62. The molecule has 0 amide bonds. The normalized spacial score (nSPS) is 55.2. The van der Waals surface area contributed by atoms with Gasteiger partial charge in [0.1, 0.15) is 11.9 Å². The van der Waals surface area contributed by atoms with Crippen molar-refractivity contribution >= 4 is 5.78 Å². The molecule has 190 valence electrons. The second-order valence-electron chi connectivity index (χ2n) is 14.9. The minimum absolute atomic E-state index is 0.0292. The molecule has 4 heteroatoms. The summed E-state index contributed by atoms with van der Waals surface area (Å²) in [6, 6.07) is 0. The highest BCUT2D eigenvalue weighted by Gasteiger charge is 2.66. The number of epoxide rings is 1. The Hall–Kier alpha value is -0.710. The maximum Gasteiger partial charge on any atom is 0.158 e. The number of allylic oxidation sites excluding steroid dienone is 2. The van der Waals surface area contributed by atoms with Crippen LogP contribution in [0.4, 0.5) is 0 Å². The van der Waals surface area contributed by atoms with Crippen molar-refractivity contribution in [3.05, 3.63) is 11.6 Å². The van der Waals surface area contributed by atoms with Gasteiger partial charge >= 0.3 is 0 Å². The number of carbonyl (C=O) groups is 1. The van der Waals surface area contributed by atoms with E-state index in [2.05, 4.69) is 54.5 Å². The molecule has 0 spiro atoms. The SMILES string of the molecule is CC1(C)OC1[C@H]1C[C@@H](C2CC3(C)CCC4C(=CCC5C(C)(C)C(=O)CC[C@]45C)[C@@]3(C)C2)[C@H](O)O1. The molecule has 0 aromatic heterocycles. The van der Waals surface area contributed by atoms with Crippen LogP contribution in [-0.4, -0.2) is 35.0 Å². The molecule has 0 aromatic rings. The molecule has 4 aliphatic carbocycles. The molecule has 6 rings (SSSR count). The highest BCUT2D eigenvalue weighted by Crippen LogP contribution is 2.72. The first-order valence-corrected chi connectivity index (χ1v) is 14.0. The van der Waals surface area contributed by atoms with E-state index < -0.39 is 6.29 Å². The first-order valence-electron chi connectivity index (χ1n) is 14.0. The zero-order valence-electron chi connectivity index (χ0n) is 22.4. The zero-order chi connectivity index (χ0) is 24.5. The van der Waals surface area contributed by atoms with Gasteiger partial charge in [-0.2, -0.15) is 0 Å². The summed E-state index contributed by atoms with van der Waals surface area (Å²) >= 11 is 0. The fourth-order valence-corrected chi connectivity index (χ4v) is 10.1. The second-order valence-corrected chi connectivity index (χ2v) is 14.9. The molecule has 2 saturated heterocycles. The lowest BCUT2D eigenvalue weighted by Crippen LogP contribution is -2.56. The minimum atomic E-state index is -0.662. The molecule has 2 heterocycles. The van der Waals surface area contributed by atoms with Gasteiger partial charge < -0.3 is 14.6 Å². The summed E-state index contributed by atoms with van der Waals surface area (Å²) < 4.78 is 11.9. The van der Waals surface area contributed by atoms with Crippen molar-refractivity contribution in [1.82, 2.24) is 0 Å². The average molecular weight is 471 g/mol. The monoisotopic (exact) mass is 470 g/mol. The van der Waals surface area contributed by atoms with Gasteiger partial charge in [-0.3, -0.25) is 4.79 Å². The summed E-state index contributed by atoms with van der Waals surface area (Å²) in [7, 11) is 0. The molecular weight excluding hydrogens is 424 g/mol. The summed E-state index contributed by atoms with van der Waals surface area (Å²) in [5.41, 5.74) is 2.05. The number of fused-ring (bicyclic) bond motifs is 5. The van der Waals surface area contributed by atoms with E-state index in [1.807, 2.05) is 0 Å². The van der Waals surface area contributed by atoms with Crippen LogP contribution in [0.1, 0.15) is 99.8 Å². The van der Waals surface area contributed by atoms with E-state index >= 15 is 0 Å². The molecule has 2 aliphatic heterocycles. The largest absolute Gasteiger partial charge is 0.368 e. The Kier molecular flexibility index (Phi) is 4.86. The quantitative estimate of drug-likeness (QED) is 0.393. The van der Waals surface area contributed by atoms with Crippen molar-refractivity contribution in [2.24, 2.45) is 45.3 Å². The number of hydrogen-bond donors (Lipinski definition) is 1. The second kappa shape index (κ2) is 6.98. The standard InChI is InChI=1S/C30H46O4/c1-26(2)22-9-8-20-19(29(22,6)13-11-23(26)31)10-12-28(5)15-17(16-30(20,28)7)18-14-21(33-25(18)32)24-27(3,4)34-24/h8,17-19,21-22,24-25,32H,9-16H2,1-7H3/t17?,18-,19?,21+,22?,24?,25+,28?,29+,30+/m0/s1. The first-order chi connectivity index (χ1) is 15.7. The van der Waals surface area contributed by atoms with Gasteiger partial charge in [0.05, 0.1) is 11.7 Å². The van der Waals surface area contributed by atoms with Gasteiger partial charge in [0.15, 0.2) is 6.29 Å². The van der Waals surface area contributed by atoms with Crippen molar-refractivity contribution in [3.63, 3.8) is 0 Å². The maximum atomic E-state index is 12.8. The van der Waals surface area contributed by atoms with Crippen LogP contribution in [0.25, 0.3) is 0 Å². The molecule has 6 aliphatic rings. The number of aliphatic hydroxyl groups is 1. The fraction of sp³-hybridized carbons (Fsp3) is 0.900. The maximum absolute atomic E-state index is 12.8. The Morgan fingerprint density at radius 2 is 1.74 bits per heavy atom. The Morgan fingerprint density at radius 3 is 2.41 bits per heavy atom. The van der Waals surface area contributed by atoms with E-state index in [1.165, 1.54) is 19.3 Å². The zero-order valence-corrected chi connectivity index (χ0v) is 22.4. The third-order valence-electron chi connectivity index (χ3n) is 12.5. The van der Waals surface area contributed by atoms with E-state index in [0.717, 1.165) is 32.1 Å². The summed E-state index contributed by atoms with van der Waals surface area (Å²) in [5.74, 6) is 2.21. The molecule has 10 atom stereocenters. The predicted octanol–water partition coefficient (Wildman–Crippen LogP) is 6.06. The van der Waals surface area contributed by atoms with Crippen molar-refractivity contribution < 1.29 is 19.4 Å². The average Bonchev–Trinajstić information content (AvgIpc) is 3.07. The van der Waals surface area contributed by atoms with Crippen LogP contribution in [0.15, 0.2) is 11.6 Å². The first kappa shape index (κ1) is 23.7. The Bertz CT molecular complexity index is 934. The number of ether oxygens (including phenoxy) is 2. The molecular formula is C30H46O4. The molecule has 0 radical (unpaired) electrons. The van der Waals surface area contributed by atoms with Crippen molar-refractivity contribution in [2.45, 2.75) is 124 Å². The van der Waals surface area contributed by atoms with Crippen LogP contribution in [0.2, 0.25) is 0 Å². The van der Waals surface area contributed by atoms with Gasteiger partial charge in [0, 0.05) is 17.8 Å². The van der Waals surface area contributed by atoms with Crippen LogP contribution in [-0.2, 0) is 14.3 Å². The van der Waals surface area contributed by atoms with Gasteiger partial charge in [0.2, 0.25) is 0 Å². The van der Waals surface area contributed by atoms with E-state index in [1.54, 1.807) is 5.57 Å². The van der Waals surface area contributed by atoms with Crippen molar-refractivity contribution in [1.29, 1.82) is 0 Å². The number of rotatable bonds is 2. The van der Waals surface area contributed by atoms with Gasteiger partial charge in [-0.25, -0.2) is 0 Å². The third-order valence-corrected chi connectivity index (χ3v) is 12.5. The minimum Gasteiger partial charge on any atom is -0.368 e. The van der Waals surface area contributed by atoms with E-state index in [-0.39, 0.29) is 45.4 Å². The van der Waals surface area contributed by atoms with Crippen molar-refractivity contribution in [3.8, 4) is 0 Å². The Morgan fingerprint density at radius 1 is 1.03 bits per heavy atom. The van der Waals surface area contributed by atoms with Gasteiger partial charge in [-0.1, -0.05) is 46.3 Å². The molecule has 1 N–H and O–H groups in total. The van der Waals surface area contributed by atoms with Crippen molar-refractivity contribution in [2.75, 3.05) is 0 Å². The Labute approximate surface area is 206 Å². The lowest BCUT2D eigenvalue weighted by atomic mass is 9.42. The third kappa shape index (κ3) is 2.97. The number of Topliss-reactive ketones (excluding diaryl/α,β-unsaturated/α-hetero) is 1. The van der Waals surface area contributed by atoms with Gasteiger partial charge in [-0.05, 0) is 92.8 Å². The van der Waals surface area contributed by atoms with Crippen LogP contribution < -0.4 is 0 Å². The molecule has 5 unspecified atom stereocenters. The van der Waals surface area contributed by atoms with E-state index in [0.29, 0.717) is 23.5 Å². The molecule has 0 bridgehead atoms. The molecule has 0 aromatic carbocycles. The summed E-state index contributed by atoms with van der Waals surface area (Å²) in [6.07, 6.45) is 10.7. The number of hydrogen-bond acceptors (Lipinski definition) is 4. The van der Waals surface area contributed by atoms with Gasteiger partial charge in [0.25, 0.3) is 0 Å². The topological polar surface area (TPSA) is 59.1 Å². The molecule has 3 saturated carbocycles. The molecule has 34 heavy (non-hydrogen) atoms. The Balaban J connectivity index is 1.28. The fourth-order valence-electron chi connectivity index (χ4n) is 10.1. The predicted molar refractivity (Wildman–Crippen MR) is 132 cm³/mol. The smallest absolute Gasteiger partial charge is 0.158 e. The number of ketones is 1. The van der Waals surface area contributed by atoms with Crippen LogP contribution in [0.5, 0.6) is 0 Å².